The molecule has 138 valence electrons. The predicted octanol–water partition coefficient (Wildman–Crippen LogP) is 2.24. The smallest absolute Gasteiger partial charge is 0.289 e. The molecule has 1 aliphatic heterocycles. The molecule has 2 aromatic carbocycles. The van der Waals surface area contributed by atoms with Crippen molar-refractivity contribution >= 4 is 15.7 Å². The Labute approximate surface area is 150 Å². The van der Waals surface area contributed by atoms with Crippen molar-refractivity contribution in [3.63, 3.8) is 0 Å². The minimum absolute atomic E-state index is 0.197. The summed E-state index contributed by atoms with van der Waals surface area (Å²) in [4.78, 5) is 12.1. The minimum atomic E-state index is -3.95. The van der Waals surface area contributed by atoms with Gasteiger partial charge in [-0.25, -0.2) is 12.8 Å². The van der Waals surface area contributed by atoms with Gasteiger partial charge in [0.1, 0.15) is 5.82 Å². The molecule has 0 radical (unpaired) electrons. The fourth-order valence-electron chi connectivity index (χ4n) is 2.96. The summed E-state index contributed by atoms with van der Waals surface area (Å²) in [6.07, 6.45) is 0. The van der Waals surface area contributed by atoms with Crippen LogP contribution in [0.4, 0.5) is 10.1 Å². The van der Waals surface area contributed by atoms with Crippen molar-refractivity contribution in [3.8, 4) is 0 Å². The van der Waals surface area contributed by atoms with Crippen molar-refractivity contribution in [3.05, 3.63) is 70.0 Å². The number of nitrogens with zero attached hydrogens (tertiary/aromatic N) is 3. The molecule has 0 aliphatic carbocycles. The first-order valence-electron chi connectivity index (χ1n) is 8.09. The second-order valence-electron chi connectivity index (χ2n) is 6.00. The van der Waals surface area contributed by atoms with E-state index in [0.717, 1.165) is 0 Å². The second-order valence-corrected chi connectivity index (χ2v) is 7.90. The number of rotatable bonds is 5. The maximum Gasteiger partial charge on any atom is 0.289 e. The highest BCUT2D eigenvalue weighted by molar-refractivity contribution is 7.89. The van der Waals surface area contributed by atoms with E-state index in [0.29, 0.717) is 25.2 Å². The Morgan fingerprint density at radius 1 is 1.00 bits per heavy atom. The van der Waals surface area contributed by atoms with Crippen molar-refractivity contribution in [1.29, 1.82) is 0 Å². The van der Waals surface area contributed by atoms with Crippen LogP contribution in [0.5, 0.6) is 0 Å². The van der Waals surface area contributed by atoms with Crippen LogP contribution in [0.25, 0.3) is 0 Å². The second kappa shape index (κ2) is 7.48. The fourth-order valence-corrected chi connectivity index (χ4v) is 4.54. The van der Waals surface area contributed by atoms with Gasteiger partial charge in [-0.1, -0.05) is 30.3 Å². The third-order valence-electron chi connectivity index (χ3n) is 4.36. The average Bonchev–Trinajstić information content (AvgIpc) is 2.64. The van der Waals surface area contributed by atoms with Gasteiger partial charge in [-0.05, 0) is 12.1 Å². The van der Waals surface area contributed by atoms with Gasteiger partial charge in [-0.15, -0.1) is 0 Å². The van der Waals surface area contributed by atoms with Gasteiger partial charge in [0.25, 0.3) is 5.69 Å². The molecule has 0 unspecified atom stereocenters. The van der Waals surface area contributed by atoms with Crippen LogP contribution in [0.3, 0.4) is 0 Å². The van der Waals surface area contributed by atoms with Crippen molar-refractivity contribution in [1.82, 2.24) is 9.21 Å². The first-order valence-corrected chi connectivity index (χ1v) is 9.53. The minimum Gasteiger partial charge on any atom is -0.296 e. The van der Waals surface area contributed by atoms with Crippen molar-refractivity contribution in [2.24, 2.45) is 0 Å². The SMILES string of the molecule is O=[N+]([O-])c1ccccc1S(=O)(=O)N1CCN(Cc2ccccc2F)CC1. The number of hydrogen-bond donors (Lipinski definition) is 0. The van der Waals surface area contributed by atoms with E-state index in [-0.39, 0.29) is 23.8 Å². The van der Waals surface area contributed by atoms with E-state index < -0.39 is 20.6 Å². The number of nitro groups is 1. The Balaban J connectivity index is 1.72. The number of halogens is 1. The summed E-state index contributed by atoms with van der Waals surface area (Å²) in [6.45, 7) is 1.64. The summed E-state index contributed by atoms with van der Waals surface area (Å²) in [5.74, 6) is -0.289. The normalized spacial score (nSPS) is 16.5. The molecule has 0 atom stereocenters. The number of piperazine rings is 1. The summed E-state index contributed by atoms with van der Waals surface area (Å²) < 4.78 is 40.5. The lowest BCUT2D eigenvalue weighted by molar-refractivity contribution is -0.387. The maximum absolute atomic E-state index is 13.8. The van der Waals surface area contributed by atoms with E-state index in [1.165, 1.54) is 34.6 Å². The lowest BCUT2D eigenvalue weighted by Gasteiger charge is -2.33. The molecule has 1 aliphatic rings. The molecule has 0 saturated carbocycles. The van der Waals surface area contributed by atoms with Crippen LogP contribution in [-0.4, -0.2) is 48.7 Å². The molecule has 1 saturated heterocycles. The van der Waals surface area contributed by atoms with Crippen LogP contribution in [0.2, 0.25) is 0 Å². The van der Waals surface area contributed by atoms with Crippen molar-refractivity contribution < 1.29 is 17.7 Å². The van der Waals surface area contributed by atoms with Crippen molar-refractivity contribution in [2.45, 2.75) is 11.4 Å². The largest absolute Gasteiger partial charge is 0.296 e. The number of sulfonamides is 1. The average molecular weight is 379 g/mol. The van der Waals surface area contributed by atoms with Gasteiger partial charge in [0.15, 0.2) is 4.90 Å². The monoisotopic (exact) mass is 379 g/mol. The van der Waals surface area contributed by atoms with Gasteiger partial charge in [0.2, 0.25) is 10.0 Å². The molecule has 1 fully saturated rings. The quantitative estimate of drug-likeness (QED) is 0.588. The van der Waals surface area contributed by atoms with Crippen LogP contribution in [0.15, 0.2) is 53.4 Å². The molecule has 0 aromatic heterocycles. The highest BCUT2D eigenvalue weighted by Gasteiger charge is 2.33. The summed E-state index contributed by atoms with van der Waals surface area (Å²) in [5, 5.41) is 11.1. The highest BCUT2D eigenvalue weighted by Crippen LogP contribution is 2.27. The summed E-state index contributed by atoms with van der Waals surface area (Å²) >= 11 is 0. The van der Waals surface area contributed by atoms with Crippen LogP contribution >= 0.6 is 0 Å². The van der Waals surface area contributed by atoms with Crippen molar-refractivity contribution in [2.75, 3.05) is 26.2 Å². The van der Waals surface area contributed by atoms with Crippen LogP contribution in [0, 0.1) is 15.9 Å². The zero-order chi connectivity index (χ0) is 18.7. The Kier molecular flexibility index (Phi) is 5.30. The van der Waals surface area contributed by atoms with E-state index in [2.05, 4.69) is 0 Å². The molecule has 0 bridgehead atoms. The number of para-hydroxylation sites is 1. The number of nitro benzene ring substituents is 1. The maximum atomic E-state index is 13.8. The zero-order valence-corrected chi connectivity index (χ0v) is 14.7. The van der Waals surface area contributed by atoms with Gasteiger partial charge in [0.05, 0.1) is 4.92 Å². The molecule has 0 amide bonds. The van der Waals surface area contributed by atoms with E-state index >= 15 is 0 Å². The molecular formula is C17H18FN3O4S. The molecule has 0 N–H and O–H groups in total. The Bertz CT molecular complexity index is 912. The molecule has 9 heteroatoms. The van der Waals surface area contributed by atoms with E-state index in [1.807, 2.05) is 4.90 Å². The lowest BCUT2D eigenvalue weighted by Crippen LogP contribution is -2.48. The third-order valence-corrected chi connectivity index (χ3v) is 6.31. The summed E-state index contributed by atoms with van der Waals surface area (Å²) in [7, 11) is -3.95. The zero-order valence-electron chi connectivity index (χ0n) is 13.9. The Morgan fingerprint density at radius 2 is 1.62 bits per heavy atom. The van der Waals surface area contributed by atoms with Gasteiger partial charge in [-0.2, -0.15) is 4.31 Å². The standard InChI is InChI=1S/C17H18FN3O4S/c18-15-6-2-1-5-14(15)13-19-9-11-20(12-10-19)26(24,25)17-8-4-3-7-16(17)21(22)23/h1-8H,9-13H2. The topological polar surface area (TPSA) is 83.8 Å². The predicted molar refractivity (Wildman–Crippen MR) is 93.5 cm³/mol. The molecule has 1 heterocycles. The lowest BCUT2D eigenvalue weighted by atomic mass is 10.2. The molecule has 3 rings (SSSR count). The molecule has 7 nitrogen and oxygen atoms in total. The van der Waals surface area contributed by atoms with E-state index in [9.17, 15) is 22.9 Å². The third kappa shape index (κ3) is 3.74. The number of benzene rings is 2. The first-order chi connectivity index (χ1) is 12.4. The molecular weight excluding hydrogens is 361 g/mol. The Hall–Kier alpha value is -2.36. The van der Waals surface area contributed by atoms with E-state index in [1.54, 1.807) is 18.2 Å². The summed E-state index contributed by atoms with van der Waals surface area (Å²) in [5.41, 5.74) is 0.129. The van der Waals surface area contributed by atoms with Gasteiger partial charge in [-0.3, -0.25) is 15.0 Å². The van der Waals surface area contributed by atoms with Crippen LogP contribution in [0.1, 0.15) is 5.56 Å². The molecule has 2 aromatic rings. The first kappa shape index (κ1) is 18.4. The van der Waals surface area contributed by atoms with Gasteiger partial charge < -0.3 is 0 Å². The van der Waals surface area contributed by atoms with E-state index in [4.69, 9.17) is 0 Å². The van der Waals surface area contributed by atoms with Crippen LogP contribution in [-0.2, 0) is 16.6 Å². The fraction of sp³-hybridized carbons (Fsp3) is 0.294. The van der Waals surface area contributed by atoms with Gasteiger partial charge >= 0.3 is 0 Å². The van der Waals surface area contributed by atoms with Crippen LogP contribution < -0.4 is 0 Å². The molecule has 0 spiro atoms. The molecule has 26 heavy (non-hydrogen) atoms. The number of hydrogen-bond acceptors (Lipinski definition) is 5. The Morgan fingerprint density at radius 3 is 2.27 bits per heavy atom. The van der Waals surface area contributed by atoms with Gasteiger partial charge in [0, 0.05) is 44.4 Å². The highest BCUT2D eigenvalue weighted by atomic mass is 32.2. The summed E-state index contributed by atoms with van der Waals surface area (Å²) in [6, 6.07) is 11.8.